The number of nitrogens with one attached hydrogen (secondary N) is 1. The summed E-state index contributed by atoms with van der Waals surface area (Å²) in [5.74, 6) is -0.140. The van der Waals surface area contributed by atoms with Gasteiger partial charge in [-0.25, -0.2) is 9.97 Å². The van der Waals surface area contributed by atoms with Crippen LogP contribution in [0.4, 0.5) is 0 Å². The molecule has 0 unspecified atom stereocenters. The molecular formula is C24H24N4O2S. The molecule has 1 N–H and O–H groups in total. The second kappa shape index (κ2) is 8.61. The number of hydrogen-bond donors (Lipinski definition) is 1. The summed E-state index contributed by atoms with van der Waals surface area (Å²) in [4.78, 5) is 22.0. The minimum Gasteiger partial charge on any atom is -0.379 e. The maximum atomic E-state index is 12.9. The molecule has 1 aromatic carbocycles. The minimum atomic E-state index is -0.140. The van der Waals surface area contributed by atoms with E-state index in [1.54, 1.807) is 11.3 Å². The van der Waals surface area contributed by atoms with Crippen LogP contribution in [0.1, 0.15) is 34.5 Å². The number of fused-ring (bicyclic) bond motifs is 1. The molecule has 4 aromatic rings. The van der Waals surface area contributed by atoms with Crippen molar-refractivity contribution in [3.05, 3.63) is 70.3 Å². The Morgan fingerprint density at radius 2 is 2.16 bits per heavy atom. The van der Waals surface area contributed by atoms with Gasteiger partial charge >= 0.3 is 0 Å². The number of ether oxygens (including phenoxy) is 1. The van der Waals surface area contributed by atoms with Crippen molar-refractivity contribution in [3.8, 4) is 11.3 Å². The van der Waals surface area contributed by atoms with E-state index in [4.69, 9.17) is 4.74 Å². The summed E-state index contributed by atoms with van der Waals surface area (Å²) in [5.41, 5.74) is 7.50. The lowest BCUT2D eigenvalue weighted by molar-refractivity contribution is 0.0622. The first-order valence-corrected chi connectivity index (χ1v) is 11.4. The first kappa shape index (κ1) is 19.9. The molecule has 1 aliphatic rings. The van der Waals surface area contributed by atoms with E-state index >= 15 is 0 Å². The van der Waals surface area contributed by atoms with Crippen molar-refractivity contribution in [3.63, 3.8) is 0 Å². The van der Waals surface area contributed by atoms with Gasteiger partial charge in [0.2, 0.25) is 0 Å². The molecule has 0 radical (unpaired) electrons. The number of hydrogen-bond acceptors (Lipinski definition) is 5. The zero-order valence-electron chi connectivity index (χ0n) is 17.4. The van der Waals surface area contributed by atoms with Crippen LogP contribution >= 0.6 is 11.3 Å². The Morgan fingerprint density at radius 1 is 1.29 bits per heavy atom. The second-order valence-electron chi connectivity index (χ2n) is 7.97. The van der Waals surface area contributed by atoms with Gasteiger partial charge in [0.1, 0.15) is 11.3 Å². The van der Waals surface area contributed by atoms with Crippen LogP contribution in [-0.4, -0.2) is 39.7 Å². The molecule has 7 heteroatoms. The van der Waals surface area contributed by atoms with Crippen LogP contribution < -0.4 is 5.32 Å². The molecular weight excluding hydrogens is 408 g/mol. The lowest BCUT2D eigenvalue weighted by Gasteiger charge is -2.23. The molecule has 0 aliphatic carbocycles. The maximum Gasteiger partial charge on any atom is 0.270 e. The van der Waals surface area contributed by atoms with Crippen LogP contribution in [0.3, 0.4) is 0 Å². The molecule has 1 aliphatic heterocycles. The number of pyridine rings is 1. The molecule has 0 bridgehead atoms. The van der Waals surface area contributed by atoms with Crippen molar-refractivity contribution in [2.24, 2.45) is 7.05 Å². The average Bonchev–Trinajstić information content (AvgIpc) is 3.46. The van der Waals surface area contributed by atoms with Crippen LogP contribution in [-0.2, 0) is 18.2 Å². The van der Waals surface area contributed by atoms with Gasteiger partial charge in [-0.3, -0.25) is 4.79 Å². The van der Waals surface area contributed by atoms with Gasteiger partial charge in [0.25, 0.3) is 5.91 Å². The highest BCUT2D eigenvalue weighted by molar-refractivity contribution is 7.07. The number of aryl methyl sites for hydroxylation is 1. The van der Waals surface area contributed by atoms with Gasteiger partial charge in [-0.05, 0) is 42.5 Å². The van der Waals surface area contributed by atoms with Crippen molar-refractivity contribution in [1.29, 1.82) is 0 Å². The van der Waals surface area contributed by atoms with E-state index < -0.39 is 0 Å². The fraction of sp³-hybridized carbons (Fsp3) is 0.292. The minimum absolute atomic E-state index is 0.0499. The van der Waals surface area contributed by atoms with Gasteiger partial charge in [0, 0.05) is 36.2 Å². The van der Waals surface area contributed by atoms with Gasteiger partial charge in [0.15, 0.2) is 0 Å². The topological polar surface area (TPSA) is 69.0 Å². The predicted octanol–water partition coefficient (Wildman–Crippen LogP) is 4.20. The third-order valence-corrected chi connectivity index (χ3v) is 6.31. The highest BCUT2D eigenvalue weighted by atomic mass is 32.1. The molecule has 31 heavy (non-hydrogen) atoms. The lowest BCUT2D eigenvalue weighted by Crippen LogP contribution is -2.41. The Bertz CT molecular complexity index is 1190. The summed E-state index contributed by atoms with van der Waals surface area (Å²) in [6.45, 7) is 1.33. The summed E-state index contributed by atoms with van der Waals surface area (Å²) in [5, 5.41) is 6.21. The Balaban J connectivity index is 1.42. The maximum absolute atomic E-state index is 12.9. The van der Waals surface area contributed by atoms with Gasteiger partial charge in [-0.2, -0.15) is 0 Å². The molecule has 0 spiro atoms. The number of amides is 1. The fourth-order valence-corrected chi connectivity index (χ4v) is 4.61. The van der Waals surface area contributed by atoms with E-state index in [0.29, 0.717) is 12.3 Å². The molecule has 1 atom stereocenters. The van der Waals surface area contributed by atoms with Gasteiger partial charge in [-0.15, -0.1) is 11.3 Å². The van der Waals surface area contributed by atoms with Gasteiger partial charge in [0.05, 0.1) is 23.9 Å². The third kappa shape index (κ3) is 4.24. The summed E-state index contributed by atoms with van der Waals surface area (Å²) < 4.78 is 7.45. The smallest absolute Gasteiger partial charge is 0.270 e. The predicted molar refractivity (Wildman–Crippen MR) is 122 cm³/mol. The first-order valence-electron chi connectivity index (χ1n) is 10.5. The highest BCUT2D eigenvalue weighted by Gasteiger charge is 2.20. The summed E-state index contributed by atoms with van der Waals surface area (Å²) in [7, 11) is 1.96. The lowest BCUT2D eigenvalue weighted by atomic mass is 10.0. The molecule has 5 rings (SSSR count). The van der Waals surface area contributed by atoms with Crippen molar-refractivity contribution in [2.75, 3.05) is 13.2 Å². The Kier molecular flexibility index (Phi) is 5.53. The van der Waals surface area contributed by atoms with Crippen molar-refractivity contribution < 1.29 is 9.53 Å². The SMILES string of the molecule is Cn1ccc2c(Cc3ccc(-c4cscn4)cc3)cc(C(=O)N[C@@H]3CCCOC3)nc21. The van der Waals surface area contributed by atoms with Crippen molar-refractivity contribution >= 4 is 28.3 Å². The molecule has 1 fully saturated rings. The monoisotopic (exact) mass is 432 g/mol. The molecule has 158 valence electrons. The Labute approximate surface area is 184 Å². The summed E-state index contributed by atoms with van der Waals surface area (Å²) >= 11 is 1.60. The van der Waals surface area contributed by atoms with Gasteiger partial charge < -0.3 is 14.6 Å². The molecule has 3 aromatic heterocycles. The number of aromatic nitrogens is 3. The number of benzene rings is 1. The zero-order chi connectivity index (χ0) is 21.2. The largest absolute Gasteiger partial charge is 0.379 e. The number of thiazole rings is 1. The van der Waals surface area contributed by atoms with Crippen molar-refractivity contribution in [1.82, 2.24) is 19.9 Å². The summed E-state index contributed by atoms with van der Waals surface area (Å²) in [6.07, 6.45) is 4.63. The zero-order valence-corrected chi connectivity index (χ0v) is 18.2. The number of rotatable bonds is 5. The first-order chi connectivity index (χ1) is 15.2. The third-order valence-electron chi connectivity index (χ3n) is 5.73. The summed E-state index contributed by atoms with van der Waals surface area (Å²) in [6, 6.07) is 12.5. The van der Waals surface area contributed by atoms with E-state index in [1.807, 2.05) is 34.8 Å². The highest BCUT2D eigenvalue weighted by Crippen LogP contribution is 2.24. The van der Waals surface area contributed by atoms with Gasteiger partial charge in [-0.1, -0.05) is 24.3 Å². The van der Waals surface area contributed by atoms with Crippen LogP contribution in [0.2, 0.25) is 0 Å². The van der Waals surface area contributed by atoms with Crippen LogP contribution in [0.25, 0.3) is 22.3 Å². The van der Waals surface area contributed by atoms with E-state index in [2.05, 4.69) is 45.6 Å². The Morgan fingerprint density at radius 3 is 2.90 bits per heavy atom. The van der Waals surface area contributed by atoms with Crippen LogP contribution in [0.15, 0.2) is 53.5 Å². The fourth-order valence-electron chi connectivity index (χ4n) is 4.05. The van der Waals surface area contributed by atoms with Crippen molar-refractivity contribution in [2.45, 2.75) is 25.3 Å². The normalized spacial score (nSPS) is 16.5. The molecule has 1 amide bonds. The standard InChI is InChI=1S/C24H24N4O2S/c1-28-9-8-20-18(11-16-4-6-17(7-5-16)22-14-31-15-25-22)12-21(27-23(20)28)24(29)26-19-3-2-10-30-13-19/h4-9,12,14-15,19H,2-3,10-11,13H2,1H3,(H,26,29)/t19-/m1/s1. The Hall–Kier alpha value is -3.03. The molecule has 1 saturated heterocycles. The van der Waals surface area contributed by atoms with E-state index in [9.17, 15) is 4.79 Å². The van der Waals surface area contributed by atoms with E-state index in [0.717, 1.165) is 53.7 Å². The van der Waals surface area contributed by atoms with Crippen LogP contribution in [0, 0.1) is 0 Å². The molecule has 0 saturated carbocycles. The van der Waals surface area contributed by atoms with E-state index in [1.165, 1.54) is 5.56 Å². The second-order valence-corrected chi connectivity index (χ2v) is 8.68. The molecule has 6 nitrogen and oxygen atoms in total. The number of carbonyl (C=O) groups is 1. The molecule has 4 heterocycles. The number of carbonyl (C=O) groups excluding carboxylic acids is 1. The van der Waals surface area contributed by atoms with Crippen LogP contribution in [0.5, 0.6) is 0 Å². The average molecular weight is 433 g/mol. The quantitative estimate of drug-likeness (QED) is 0.513. The van der Waals surface area contributed by atoms with E-state index in [-0.39, 0.29) is 11.9 Å². The number of nitrogens with zero attached hydrogens (tertiary/aromatic N) is 3.